The number of rotatable bonds is 10. The molecule has 9 heteroatoms. The summed E-state index contributed by atoms with van der Waals surface area (Å²) in [6.45, 7) is -0.195. The Labute approximate surface area is 184 Å². The SMILES string of the molecule is O=C(/C=C/c1ccccc1)C1=C(O)C(=O)N(CCOCCO)C1c1ccccc1[N+](=O)[O-]. The zero-order chi connectivity index (χ0) is 23.1. The third-order valence-corrected chi connectivity index (χ3v) is 4.94. The largest absolute Gasteiger partial charge is 0.503 e. The molecule has 2 aromatic carbocycles. The number of para-hydroxylation sites is 1. The first-order valence-electron chi connectivity index (χ1n) is 9.89. The van der Waals surface area contributed by atoms with E-state index in [1.54, 1.807) is 30.3 Å². The van der Waals surface area contributed by atoms with E-state index < -0.39 is 28.4 Å². The van der Waals surface area contributed by atoms with Gasteiger partial charge in [-0.2, -0.15) is 0 Å². The number of benzene rings is 2. The summed E-state index contributed by atoms with van der Waals surface area (Å²) in [5.41, 5.74) is 0.326. The summed E-state index contributed by atoms with van der Waals surface area (Å²) >= 11 is 0. The van der Waals surface area contributed by atoms with Crippen LogP contribution in [0.3, 0.4) is 0 Å². The summed E-state index contributed by atoms with van der Waals surface area (Å²) in [5, 5.41) is 31.0. The van der Waals surface area contributed by atoms with Gasteiger partial charge in [-0.1, -0.05) is 48.5 Å². The van der Waals surface area contributed by atoms with Crippen LogP contribution in [-0.4, -0.2) is 58.1 Å². The van der Waals surface area contributed by atoms with Crippen LogP contribution >= 0.6 is 0 Å². The van der Waals surface area contributed by atoms with Gasteiger partial charge in [0.2, 0.25) is 0 Å². The van der Waals surface area contributed by atoms with Gasteiger partial charge < -0.3 is 19.8 Å². The molecule has 1 aliphatic rings. The fourth-order valence-electron chi connectivity index (χ4n) is 3.50. The first-order chi connectivity index (χ1) is 15.5. The van der Waals surface area contributed by atoms with Crippen LogP contribution in [0.2, 0.25) is 0 Å². The number of hydrogen-bond donors (Lipinski definition) is 2. The van der Waals surface area contributed by atoms with E-state index in [-0.39, 0.29) is 43.2 Å². The van der Waals surface area contributed by atoms with Crippen LogP contribution in [0, 0.1) is 10.1 Å². The van der Waals surface area contributed by atoms with Gasteiger partial charge in [-0.15, -0.1) is 0 Å². The molecule has 2 N–H and O–H groups in total. The van der Waals surface area contributed by atoms with Crippen LogP contribution in [0.25, 0.3) is 6.08 Å². The summed E-state index contributed by atoms with van der Waals surface area (Å²) in [5.74, 6) is -2.21. The average Bonchev–Trinajstić information content (AvgIpc) is 3.05. The van der Waals surface area contributed by atoms with Gasteiger partial charge in [-0.25, -0.2) is 0 Å². The van der Waals surface area contributed by atoms with Crippen molar-refractivity contribution >= 4 is 23.5 Å². The number of carbonyl (C=O) groups excluding carboxylic acids is 2. The zero-order valence-corrected chi connectivity index (χ0v) is 17.1. The minimum Gasteiger partial charge on any atom is -0.503 e. The molecule has 0 saturated carbocycles. The topological polar surface area (TPSA) is 130 Å². The number of amides is 1. The number of ketones is 1. The number of nitro benzene ring substituents is 1. The summed E-state index contributed by atoms with van der Waals surface area (Å²) < 4.78 is 5.21. The number of nitrogens with zero attached hydrogens (tertiary/aromatic N) is 2. The quantitative estimate of drug-likeness (QED) is 0.252. The molecule has 0 bridgehead atoms. The molecule has 1 unspecified atom stereocenters. The van der Waals surface area contributed by atoms with Gasteiger partial charge in [0, 0.05) is 12.6 Å². The van der Waals surface area contributed by atoms with Crippen molar-refractivity contribution < 1.29 is 29.5 Å². The average molecular weight is 438 g/mol. The Bertz CT molecular complexity index is 1060. The van der Waals surface area contributed by atoms with E-state index in [0.29, 0.717) is 0 Å². The summed E-state index contributed by atoms with van der Waals surface area (Å²) in [6.07, 6.45) is 2.76. The molecule has 1 amide bonds. The molecule has 0 aliphatic carbocycles. The monoisotopic (exact) mass is 438 g/mol. The highest BCUT2D eigenvalue weighted by Crippen LogP contribution is 2.41. The van der Waals surface area contributed by atoms with E-state index in [2.05, 4.69) is 0 Å². The molecule has 0 spiro atoms. The molecule has 0 radical (unpaired) electrons. The molecule has 9 nitrogen and oxygen atoms in total. The van der Waals surface area contributed by atoms with Gasteiger partial charge >= 0.3 is 0 Å². The predicted octanol–water partition coefficient (Wildman–Crippen LogP) is 2.58. The van der Waals surface area contributed by atoms with Crippen molar-refractivity contribution in [1.82, 2.24) is 4.90 Å². The maximum Gasteiger partial charge on any atom is 0.290 e. The zero-order valence-electron chi connectivity index (χ0n) is 17.1. The number of aliphatic hydroxyl groups is 2. The Morgan fingerprint density at radius 1 is 1.12 bits per heavy atom. The third-order valence-electron chi connectivity index (χ3n) is 4.94. The Balaban J connectivity index is 2.01. The Morgan fingerprint density at radius 3 is 2.50 bits per heavy atom. The van der Waals surface area contributed by atoms with Crippen LogP contribution < -0.4 is 0 Å². The molecule has 1 atom stereocenters. The van der Waals surface area contributed by atoms with Gasteiger partial charge in [-0.05, 0) is 17.7 Å². The lowest BCUT2D eigenvalue weighted by Gasteiger charge is -2.26. The second-order valence-electron chi connectivity index (χ2n) is 6.92. The van der Waals surface area contributed by atoms with Crippen molar-refractivity contribution in [2.24, 2.45) is 0 Å². The lowest BCUT2D eigenvalue weighted by molar-refractivity contribution is -0.385. The van der Waals surface area contributed by atoms with Crippen molar-refractivity contribution in [3.63, 3.8) is 0 Å². The Kier molecular flexibility index (Phi) is 7.48. The van der Waals surface area contributed by atoms with Gasteiger partial charge in [-0.3, -0.25) is 19.7 Å². The van der Waals surface area contributed by atoms with Crippen molar-refractivity contribution in [3.8, 4) is 0 Å². The fourth-order valence-corrected chi connectivity index (χ4v) is 3.50. The Hall–Kier alpha value is -3.82. The molecule has 0 fully saturated rings. The van der Waals surface area contributed by atoms with Crippen molar-refractivity contribution in [3.05, 3.63) is 93.2 Å². The normalized spacial score (nSPS) is 16.2. The van der Waals surface area contributed by atoms with Crippen molar-refractivity contribution in [2.45, 2.75) is 6.04 Å². The lowest BCUT2D eigenvalue weighted by atomic mass is 9.94. The van der Waals surface area contributed by atoms with Gasteiger partial charge in [0.1, 0.15) is 0 Å². The van der Waals surface area contributed by atoms with Crippen molar-refractivity contribution in [2.75, 3.05) is 26.4 Å². The number of carbonyl (C=O) groups is 2. The Morgan fingerprint density at radius 2 is 1.81 bits per heavy atom. The summed E-state index contributed by atoms with van der Waals surface area (Å²) in [4.78, 5) is 38.0. The highest BCUT2D eigenvalue weighted by atomic mass is 16.6. The van der Waals surface area contributed by atoms with Crippen LogP contribution in [0.4, 0.5) is 5.69 Å². The second kappa shape index (κ2) is 10.5. The molecule has 32 heavy (non-hydrogen) atoms. The molecule has 166 valence electrons. The third kappa shape index (κ3) is 4.90. The van der Waals surface area contributed by atoms with Crippen LogP contribution in [0.5, 0.6) is 0 Å². The molecular weight excluding hydrogens is 416 g/mol. The van der Waals surface area contributed by atoms with Gasteiger partial charge in [0.15, 0.2) is 11.5 Å². The number of aliphatic hydroxyl groups excluding tert-OH is 2. The highest BCUT2D eigenvalue weighted by Gasteiger charge is 2.44. The van der Waals surface area contributed by atoms with Gasteiger partial charge in [0.25, 0.3) is 11.6 Å². The van der Waals surface area contributed by atoms with Crippen LogP contribution in [-0.2, 0) is 14.3 Å². The number of hydrogen-bond acceptors (Lipinski definition) is 7. The molecule has 0 aromatic heterocycles. The predicted molar refractivity (Wildman–Crippen MR) is 116 cm³/mol. The summed E-state index contributed by atoms with van der Waals surface area (Å²) in [7, 11) is 0. The number of allylic oxidation sites excluding steroid dienone is 1. The van der Waals surface area contributed by atoms with E-state index in [9.17, 15) is 24.8 Å². The maximum absolute atomic E-state index is 13.0. The second-order valence-corrected chi connectivity index (χ2v) is 6.92. The number of nitro groups is 1. The van der Waals surface area contributed by atoms with E-state index in [1.807, 2.05) is 6.07 Å². The number of ether oxygens (including phenoxy) is 1. The van der Waals surface area contributed by atoms with E-state index >= 15 is 0 Å². The van der Waals surface area contributed by atoms with Crippen molar-refractivity contribution in [1.29, 1.82) is 0 Å². The standard InChI is InChI=1S/C23H22N2O7/c26-13-15-32-14-12-24-21(17-8-4-5-9-18(17)25(30)31)20(22(28)23(24)29)19(27)11-10-16-6-2-1-3-7-16/h1-11,21,26,28H,12-15H2/b11-10+. The maximum atomic E-state index is 13.0. The molecule has 3 rings (SSSR count). The molecule has 2 aromatic rings. The molecule has 0 saturated heterocycles. The van der Waals surface area contributed by atoms with Gasteiger partial charge in [0.05, 0.1) is 41.9 Å². The first-order valence-corrected chi connectivity index (χ1v) is 9.89. The minimum atomic E-state index is -1.16. The van der Waals surface area contributed by atoms with Crippen LogP contribution in [0.15, 0.2) is 72.0 Å². The smallest absolute Gasteiger partial charge is 0.290 e. The highest BCUT2D eigenvalue weighted by molar-refractivity contribution is 6.14. The fraction of sp³-hybridized carbons (Fsp3) is 0.217. The first kappa shape index (κ1) is 22.9. The minimum absolute atomic E-state index is 0.0119. The molecular formula is C23H22N2O7. The molecule has 1 heterocycles. The van der Waals surface area contributed by atoms with Crippen LogP contribution in [0.1, 0.15) is 17.2 Å². The van der Waals surface area contributed by atoms with E-state index in [4.69, 9.17) is 9.84 Å². The summed E-state index contributed by atoms with van der Waals surface area (Å²) in [6, 6.07) is 13.6. The van der Waals surface area contributed by atoms with E-state index in [0.717, 1.165) is 5.56 Å². The molecule has 1 aliphatic heterocycles. The van der Waals surface area contributed by atoms with E-state index in [1.165, 1.54) is 35.3 Å². The lowest BCUT2D eigenvalue weighted by Crippen LogP contribution is -2.34.